The van der Waals surface area contributed by atoms with E-state index < -0.39 is 0 Å². The minimum atomic E-state index is -0.311. The quantitative estimate of drug-likeness (QED) is 0.632. The van der Waals surface area contributed by atoms with Crippen molar-refractivity contribution >= 4 is 0 Å². The summed E-state index contributed by atoms with van der Waals surface area (Å²) in [6, 6.07) is 3.00. The molecule has 1 aliphatic carbocycles. The van der Waals surface area contributed by atoms with Gasteiger partial charge < -0.3 is 0 Å². The molecule has 0 spiro atoms. The lowest BCUT2D eigenvalue weighted by Crippen LogP contribution is -2.46. The summed E-state index contributed by atoms with van der Waals surface area (Å²) in [5.41, 5.74) is -0.311. The highest BCUT2D eigenvalue weighted by atomic mass is 15.2. The molecule has 0 aliphatic heterocycles. The van der Waals surface area contributed by atoms with Gasteiger partial charge in [-0.1, -0.05) is 25.7 Å². The highest BCUT2D eigenvalue weighted by Crippen LogP contribution is 2.25. The summed E-state index contributed by atoms with van der Waals surface area (Å²) < 4.78 is 0. The molecule has 0 amide bonds. The Morgan fingerprint density at radius 3 is 2.07 bits per heavy atom. The maximum absolute atomic E-state index is 9.07. The number of rotatable bonds is 2. The molecule has 0 N–H and O–H groups in total. The molecule has 0 atom stereocenters. The van der Waals surface area contributed by atoms with E-state index in [0.29, 0.717) is 6.04 Å². The molecule has 0 aromatic carbocycles. The second-order valence-corrected chi connectivity index (χ2v) is 4.93. The summed E-state index contributed by atoms with van der Waals surface area (Å²) in [6.07, 6.45) is 7.94. The Kier molecular flexibility index (Phi) is 3.95. The van der Waals surface area contributed by atoms with E-state index in [1.807, 2.05) is 13.8 Å². The lowest BCUT2D eigenvalue weighted by molar-refractivity contribution is 0.132. The Labute approximate surface area is 87.9 Å². The van der Waals surface area contributed by atoms with Crippen molar-refractivity contribution in [2.24, 2.45) is 0 Å². The molecule has 0 unspecified atom stereocenters. The van der Waals surface area contributed by atoms with E-state index in [1.165, 1.54) is 38.5 Å². The van der Waals surface area contributed by atoms with Gasteiger partial charge in [-0.3, -0.25) is 4.90 Å². The summed E-state index contributed by atoms with van der Waals surface area (Å²) >= 11 is 0. The standard InChI is InChI=1S/C12H22N2/c1-12(2,10-13)14(3)11-8-6-4-5-7-9-11/h11H,4-9H2,1-3H3. The number of hydrogen-bond donors (Lipinski definition) is 0. The van der Waals surface area contributed by atoms with Crippen molar-refractivity contribution in [1.29, 1.82) is 5.26 Å². The van der Waals surface area contributed by atoms with Crippen molar-refractivity contribution in [1.82, 2.24) is 4.90 Å². The molecule has 1 aliphatic rings. The van der Waals surface area contributed by atoms with E-state index in [9.17, 15) is 0 Å². The molecule has 0 saturated heterocycles. The third-order valence-electron chi connectivity index (χ3n) is 3.53. The van der Waals surface area contributed by atoms with Gasteiger partial charge in [-0.25, -0.2) is 0 Å². The van der Waals surface area contributed by atoms with Crippen LogP contribution in [0.25, 0.3) is 0 Å². The van der Waals surface area contributed by atoms with Crippen LogP contribution < -0.4 is 0 Å². The molecule has 0 aromatic heterocycles. The van der Waals surface area contributed by atoms with Gasteiger partial charge in [0.2, 0.25) is 0 Å². The van der Waals surface area contributed by atoms with Gasteiger partial charge >= 0.3 is 0 Å². The van der Waals surface area contributed by atoms with Crippen molar-refractivity contribution in [2.45, 2.75) is 64.0 Å². The molecule has 1 fully saturated rings. The first-order valence-electron chi connectivity index (χ1n) is 5.72. The predicted octanol–water partition coefficient (Wildman–Crippen LogP) is 2.94. The van der Waals surface area contributed by atoms with E-state index in [-0.39, 0.29) is 5.54 Å². The zero-order valence-corrected chi connectivity index (χ0v) is 9.71. The Morgan fingerprint density at radius 2 is 1.64 bits per heavy atom. The molecule has 2 nitrogen and oxygen atoms in total. The Balaban J connectivity index is 2.58. The SMILES string of the molecule is CN(C1CCCCCC1)C(C)(C)C#N. The molecule has 0 bridgehead atoms. The Bertz CT molecular complexity index is 207. The van der Waals surface area contributed by atoms with Crippen LogP contribution in [0.2, 0.25) is 0 Å². The van der Waals surface area contributed by atoms with Crippen LogP contribution >= 0.6 is 0 Å². The van der Waals surface area contributed by atoms with Gasteiger partial charge in [-0.2, -0.15) is 5.26 Å². The van der Waals surface area contributed by atoms with Gasteiger partial charge in [-0.15, -0.1) is 0 Å². The third kappa shape index (κ3) is 2.72. The van der Waals surface area contributed by atoms with Crippen LogP contribution in [0.3, 0.4) is 0 Å². The van der Waals surface area contributed by atoms with Crippen LogP contribution in [-0.2, 0) is 0 Å². The summed E-state index contributed by atoms with van der Waals surface area (Å²) in [6.45, 7) is 4.02. The zero-order chi connectivity index (χ0) is 10.6. The van der Waals surface area contributed by atoms with Gasteiger partial charge in [0.15, 0.2) is 0 Å². The summed E-state index contributed by atoms with van der Waals surface area (Å²) in [4.78, 5) is 2.26. The highest BCUT2D eigenvalue weighted by molar-refractivity contribution is 5.02. The lowest BCUT2D eigenvalue weighted by Gasteiger charge is -2.36. The molecular weight excluding hydrogens is 172 g/mol. The predicted molar refractivity (Wildman–Crippen MR) is 58.9 cm³/mol. The van der Waals surface area contributed by atoms with Crippen LogP contribution in [0.1, 0.15) is 52.4 Å². The Morgan fingerprint density at radius 1 is 1.14 bits per heavy atom. The van der Waals surface area contributed by atoms with Crippen LogP contribution in [0.5, 0.6) is 0 Å². The summed E-state index contributed by atoms with van der Waals surface area (Å²) in [7, 11) is 2.10. The first-order valence-corrected chi connectivity index (χ1v) is 5.72. The van der Waals surface area contributed by atoms with E-state index in [0.717, 1.165) is 0 Å². The van der Waals surface area contributed by atoms with E-state index in [1.54, 1.807) is 0 Å². The van der Waals surface area contributed by atoms with Crippen molar-refractivity contribution < 1.29 is 0 Å². The van der Waals surface area contributed by atoms with Gasteiger partial charge in [0.25, 0.3) is 0 Å². The molecule has 80 valence electrons. The maximum Gasteiger partial charge on any atom is 0.103 e. The van der Waals surface area contributed by atoms with Crippen molar-refractivity contribution in [3.8, 4) is 6.07 Å². The fourth-order valence-electron chi connectivity index (χ4n) is 2.18. The number of nitrogens with zero attached hydrogens (tertiary/aromatic N) is 2. The molecule has 0 radical (unpaired) electrons. The Hall–Kier alpha value is -0.550. The number of nitriles is 1. The van der Waals surface area contributed by atoms with Gasteiger partial charge in [0.05, 0.1) is 6.07 Å². The molecule has 2 heteroatoms. The average molecular weight is 194 g/mol. The molecular formula is C12H22N2. The second kappa shape index (κ2) is 4.79. The fourth-order valence-corrected chi connectivity index (χ4v) is 2.18. The normalized spacial score (nSPS) is 20.5. The van der Waals surface area contributed by atoms with E-state index >= 15 is 0 Å². The van der Waals surface area contributed by atoms with Crippen molar-refractivity contribution in [2.75, 3.05) is 7.05 Å². The van der Waals surface area contributed by atoms with Crippen molar-refractivity contribution in [3.63, 3.8) is 0 Å². The largest absolute Gasteiger partial charge is 0.286 e. The van der Waals surface area contributed by atoms with Crippen LogP contribution in [0.4, 0.5) is 0 Å². The number of hydrogen-bond acceptors (Lipinski definition) is 2. The zero-order valence-electron chi connectivity index (χ0n) is 9.71. The van der Waals surface area contributed by atoms with Crippen LogP contribution in [0, 0.1) is 11.3 Å². The molecule has 0 aromatic rings. The first-order chi connectivity index (χ1) is 6.58. The minimum Gasteiger partial charge on any atom is -0.286 e. The molecule has 14 heavy (non-hydrogen) atoms. The maximum atomic E-state index is 9.07. The fraction of sp³-hybridized carbons (Fsp3) is 0.917. The topological polar surface area (TPSA) is 27.0 Å². The van der Waals surface area contributed by atoms with Crippen LogP contribution in [0.15, 0.2) is 0 Å². The molecule has 1 saturated carbocycles. The average Bonchev–Trinajstić information content (AvgIpc) is 2.44. The lowest BCUT2D eigenvalue weighted by atomic mass is 9.99. The van der Waals surface area contributed by atoms with Crippen molar-refractivity contribution in [3.05, 3.63) is 0 Å². The smallest absolute Gasteiger partial charge is 0.103 e. The highest BCUT2D eigenvalue weighted by Gasteiger charge is 2.29. The summed E-state index contributed by atoms with van der Waals surface area (Å²) in [5.74, 6) is 0. The second-order valence-electron chi connectivity index (χ2n) is 4.93. The van der Waals surface area contributed by atoms with E-state index in [4.69, 9.17) is 5.26 Å². The van der Waals surface area contributed by atoms with E-state index in [2.05, 4.69) is 18.0 Å². The monoisotopic (exact) mass is 194 g/mol. The first kappa shape index (κ1) is 11.5. The van der Waals surface area contributed by atoms with Gasteiger partial charge in [0.1, 0.15) is 5.54 Å². The molecule has 0 heterocycles. The van der Waals surface area contributed by atoms with Gasteiger partial charge in [-0.05, 0) is 33.7 Å². The minimum absolute atomic E-state index is 0.311. The van der Waals surface area contributed by atoms with Gasteiger partial charge in [0, 0.05) is 6.04 Å². The molecule has 1 rings (SSSR count). The summed E-state index contributed by atoms with van der Waals surface area (Å²) in [5, 5.41) is 9.07. The van der Waals surface area contributed by atoms with Crippen LogP contribution in [-0.4, -0.2) is 23.5 Å². The third-order valence-corrected chi connectivity index (χ3v) is 3.53.